The van der Waals surface area contributed by atoms with Crippen LogP contribution in [0.2, 0.25) is 0 Å². The number of benzene rings is 1. The predicted octanol–water partition coefficient (Wildman–Crippen LogP) is 2.06. The van der Waals surface area contributed by atoms with Crippen molar-refractivity contribution >= 4 is 11.6 Å². The smallest absolute Gasteiger partial charge is 0.273 e. The molecular weight excluding hydrogens is 284 g/mol. The summed E-state index contributed by atoms with van der Waals surface area (Å²) in [6, 6.07) is 4.85. The quantitative estimate of drug-likeness (QED) is 0.651. The van der Waals surface area contributed by atoms with Crippen LogP contribution in [-0.4, -0.2) is 20.4 Å². The van der Waals surface area contributed by atoms with Crippen LogP contribution in [-0.2, 0) is 11.2 Å². The molecule has 0 aliphatic rings. The van der Waals surface area contributed by atoms with Gasteiger partial charge in [0.05, 0.1) is 23.7 Å². The number of hydrogen-bond acceptors (Lipinski definition) is 4. The van der Waals surface area contributed by atoms with E-state index in [9.17, 15) is 14.9 Å². The summed E-state index contributed by atoms with van der Waals surface area (Å²) in [5.74, 6) is -0.373. The molecule has 0 saturated carbocycles. The number of carbonyl (C=O) groups excluding carboxylic acids is 1. The minimum atomic E-state index is -0.592. The van der Waals surface area contributed by atoms with Gasteiger partial charge in [0, 0.05) is 24.0 Å². The minimum absolute atomic E-state index is 0.0659. The van der Waals surface area contributed by atoms with Gasteiger partial charge in [0.15, 0.2) is 0 Å². The van der Waals surface area contributed by atoms with Gasteiger partial charge >= 0.3 is 0 Å². The Hall–Kier alpha value is -2.70. The van der Waals surface area contributed by atoms with Crippen molar-refractivity contribution in [2.45, 2.75) is 26.3 Å². The topological polar surface area (TPSA) is 104 Å². The Labute approximate surface area is 127 Å². The second-order valence-corrected chi connectivity index (χ2v) is 5.49. The SMILES string of the molecule is CC(C)C(c1ccc(CC(N)=O)c([N+](=O)[O-])c1)n1ccnc1. The van der Waals surface area contributed by atoms with Crippen molar-refractivity contribution in [2.75, 3.05) is 0 Å². The van der Waals surface area contributed by atoms with E-state index >= 15 is 0 Å². The van der Waals surface area contributed by atoms with Gasteiger partial charge in [-0.2, -0.15) is 0 Å². The van der Waals surface area contributed by atoms with E-state index in [0.29, 0.717) is 5.56 Å². The van der Waals surface area contributed by atoms with Crippen LogP contribution < -0.4 is 5.73 Å². The third kappa shape index (κ3) is 3.30. The fourth-order valence-electron chi connectivity index (χ4n) is 2.61. The molecule has 116 valence electrons. The highest BCUT2D eigenvalue weighted by molar-refractivity contribution is 5.78. The van der Waals surface area contributed by atoms with Crippen molar-refractivity contribution in [1.82, 2.24) is 9.55 Å². The summed E-state index contributed by atoms with van der Waals surface area (Å²) in [6.45, 7) is 4.07. The number of nitro benzene ring substituents is 1. The molecule has 2 N–H and O–H groups in total. The zero-order valence-corrected chi connectivity index (χ0v) is 12.5. The molecule has 22 heavy (non-hydrogen) atoms. The summed E-state index contributed by atoms with van der Waals surface area (Å²) < 4.78 is 1.91. The van der Waals surface area contributed by atoms with Gasteiger partial charge in [-0.15, -0.1) is 0 Å². The maximum absolute atomic E-state index is 11.3. The highest BCUT2D eigenvalue weighted by Crippen LogP contribution is 2.30. The van der Waals surface area contributed by atoms with Gasteiger partial charge in [-0.05, 0) is 11.5 Å². The van der Waals surface area contributed by atoms with E-state index in [1.807, 2.05) is 24.6 Å². The Bertz CT molecular complexity index is 680. The van der Waals surface area contributed by atoms with Crippen molar-refractivity contribution in [3.8, 4) is 0 Å². The van der Waals surface area contributed by atoms with E-state index in [1.54, 1.807) is 24.7 Å². The number of nitro groups is 1. The summed E-state index contributed by atoms with van der Waals surface area (Å²) in [5, 5.41) is 11.3. The fraction of sp³-hybridized carbons (Fsp3) is 0.333. The molecule has 0 aliphatic carbocycles. The minimum Gasteiger partial charge on any atom is -0.369 e. The van der Waals surface area contributed by atoms with E-state index in [4.69, 9.17) is 5.73 Å². The van der Waals surface area contributed by atoms with Crippen molar-refractivity contribution in [3.63, 3.8) is 0 Å². The average Bonchev–Trinajstić information content (AvgIpc) is 2.93. The molecule has 1 aromatic carbocycles. The molecule has 0 radical (unpaired) electrons. The first-order chi connectivity index (χ1) is 10.4. The molecule has 1 unspecified atom stereocenters. The molecule has 0 fully saturated rings. The lowest BCUT2D eigenvalue weighted by Crippen LogP contribution is -2.17. The van der Waals surface area contributed by atoms with Crippen molar-refractivity contribution in [2.24, 2.45) is 11.7 Å². The van der Waals surface area contributed by atoms with E-state index in [2.05, 4.69) is 4.98 Å². The molecule has 1 heterocycles. The Kier molecular flexibility index (Phi) is 4.55. The van der Waals surface area contributed by atoms with Crippen LogP contribution in [0.25, 0.3) is 0 Å². The highest BCUT2D eigenvalue weighted by Gasteiger charge is 2.22. The van der Waals surface area contributed by atoms with Gasteiger partial charge in [0.2, 0.25) is 5.91 Å². The molecule has 0 saturated heterocycles. The number of imidazole rings is 1. The number of aromatic nitrogens is 2. The lowest BCUT2D eigenvalue weighted by molar-refractivity contribution is -0.385. The van der Waals surface area contributed by atoms with Crippen LogP contribution in [0.5, 0.6) is 0 Å². The normalized spacial score (nSPS) is 12.3. The maximum atomic E-state index is 11.3. The van der Waals surface area contributed by atoms with Gasteiger partial charge < -0.3 is 10.3 Å². The molecule has 2 rings (SSSR count). The molecule has 1 aromatic heterocycles. The average molecular weight is 302 g/mol. The predicted molar refractivity (Wildman–Crippen MR) is 81.2 cm³/mol. The molecule has 1 amide bonds. The lowest BCUT2D eigenvalue weighted by atomic mass is 9.93. The molecule has 1 atom stereocenters. The number of amides is 1. The summed E-state index contributed by atoms with van der Waals surface area (Å²) in [6.07, 6.45) is 5.04. The zero-order chi connectivity index (χ0) is 16.3. The molecule has 7 nitrogen and oxygen atoms in total. The third-order valence-electron chi connectivity index (χ3n) is 3.49. The first-order valence-electron chi connectivity index (χ1n) is 6.93. The highest BCUT2D eigenvalue weighted by atomic mass is 16.6. The standard InChI is InChI=1S/C15H18N4O3/c1-10(2)15(18-6-5-17-9-18)12-4-3-11(8-14(16)20)13(7-12)19(21)22/h3-7,9-10,15H,8H2,1-2H3,(H2,16,20). The molecule has 0 aliphatic heterocycles. The monoisotopic (exact) mass is 302 g/mol. The Balaban J connectivity index is 2.49. The first-order valence-corrected chi connectivity index (χ1v) is 6.93. The number of hydrogen-bond donors (Lipinski definition) is 1. The summed E-state index contributed by atoms with van der Waals surface area (Å²) in [7, 11) is 0. The molecule has 0 spiro atoms. The number of primary amides is 1. The summed E-state index contributed by atoms with van der Waals surface area (Å²) in [5.41, 5.74) is 6.19. The van der Waals surface area contributed by atoms with Crippen molar-refractivity contribution in [1.29, 1.82) is 0 Å². The zero-order valence-electron chi connectivity index (χ0n) is 12.5. The fourth-order valence-corrected chi connectivity index (χ4v) is 2.61. The molecule has 7 heteroatoms. The van der Waals surface area contributed by atoms with E-state index < -0.39 is 10.8 Å². The molecule has 2 aromatic rings. The van der Waals surface area contributed by atoms with Gasteiger partial charge in [-0.3, -0.25) is 14.9 Å². The Morgan fingerprint density at radius 1 is 1.45 bits per heavy atom. The second-order valence-electron chi connectivity index (χ2n) is 5.49. The van der Waals surface area contributed by atoms with Crippen LogP contribution in [0.15, 0.2) is 36.9 Å². The lowest BCUT2D eigenvalue weighted by Gasteiger charge is -2.23. The van der Waals surface area contributed by atoms with Crippen molar-refractivity contribution < 1.29 is 9.72 Å². The van der Waals surface area contributed by atoms with Gasteiger partial charge in [0.1, 0.15) is 0 Å². The molecular formula is C15H18N4O3. The summed E-state index contributed by atoms with van der Waals surface area (Å²) in [4.78, 5) is 25.9. The van der Waals surface area contributed by atoms with E-state index in [0.717, 1.165) is 5.56 Å². The maximum Gasteiger partial charge on any atom is 0.273 e. The number of carbonyl (C=O) groups is 1. The first kappa shape index (κ1) is 15.7. The Morgan fingerprint density at radius 3 is 2.68 bits per heavy atom. The largest absolute Gasteiger partial charge is 0.369 e. The van der Waals surface area contributed by atoms with Gasteiger partial charge in [-0.25, -0.2) is 4.98 Å². The Morgan fingerprint density at radius 2 is 2.18 bits per heavy atom. The number of rotatable bonds is 6. The van der Waals surface area contributed by atoms with E-state index in [-0.39, 0.29) is 24.1 Å². The van der Waals surface area contributed by atoms with Crippen LogP contribution in [0.1, 0.15) is 31.0 Å². The van der Waals surface area contributed by atoms with E-state index in [1.165, 1.54) is 6.07 Å². The number of nitrogens with zero attached hydrogens (tertiary/aromatic N) is 3. The van der Waals surface area contributed by atoms with Gasteiger partial charge in [-0.1, -0.05) is 26.0 Å². The second kappa shape index (κ2) is 6.38. The third-order valence-corrected chi connectivity index (χ3v) is 3.49. The molecule has 0 bridgehead atoms. The van der Waals surface area contributed by atoms with Crippen LogP contribution >= 0.6 is 0 Å². The van der Waals surface area contributed by atoms with Gasteiger partial charge in [0.25, 0.3) is 5.69 Å². The number of nitrogens with two attached hydrogens (primary N) is 1. The van der Waals surface area contributed by atoms with Crippen LogP contribution in [0.4, 0.5) is 5.69 Å². The van der Waals surface area contributed by atoms with Crippen LogP contribution in [0.3, 0.4) is 0 Å². The summed E-state index contributed by atoms with van der Waals surface area (Å²) >= 11 is 0. The van der Waals surface area contributed by atoms with Crippen molar-refractivity contribution in [3.05, 3.63) is 58.2 Å². The van der Waals surface area contributed by atoms with Crippen LogP contribution in [0, 0.1) is 16.0 Å².